The maximum absolute atomic E-state index is 12.1. The number of thiocarbonyl (C=S) groups is 1. The lowest BCUT2D eigenvalue weighted by molar-refractivity contribution is 0.0523. The number of nitrogens with one attached hydrogen (secondary N) is 3. The van der Waals surface area contributed by atoms with Gasteiger partial charge in [-0.25, -0.2) is 4.79 Å². The number of esters is 1. The standard InChI is InChI=1S/C15H18N4O2S2/c1-4-21-14(20)11-12(18-19-13(11)23-3)17-15(22)16-10-7-5-9(2)6-8-10/h5-8H,4H2,1-3H3,(H3,16,17,18,19,22). The Morgan fingerprint density at radius 2 is 2.04 bits per heavy atom. The summed E-state index contributed by atoms with van der Waals surface area (Å²) in [5.74, 6) is -0.0244. The number of thioether (sulfide) groups is 1. The van der Waals surface area contributed by atoms with Crippen LogP contribution in [0.5, 0.6) is 0 Å². The van der Waals surface area contributed by atoms with Gasteiger partial charge in [0.2, 0.25) is 0 Å². The Morgan fingerprint density at radius 1 is 1.35 bits per heavy atom. The highest BCUT2D eigenvalue weighted by Crippen LogP contribution is 2.25. The van der Waals surface area contributed by atoms with E-state index in [1.807, 2.05) is 37.4 Å². The normalized spacial score (nSPS) is 10.2. The topological polar surface area (TPSA) is 79.0 Å². The van der Waals surface area contributed by atoms with Crippen LogP contribution >= 0.6 is 24.0 Å². The number of carbonyl (C=O) groups excluding carboxylic acids is 1. The summed E-state index contributed by atoms with van der Waals surface area (Å²) in [6, 6.07) is 7.82. The van der Waals surface area contributed by atoms with Crippen molar-refractivity contribution in [3.63, 3.8) is 0 Å². The molecule has 0 saturated heterocycles. The first-order chi connectivity index (χ1) is 11.0. The highest BCUT2D eigenvalue weighted by atomic mass is 32.2. The molecule has 0 aliphatic carbocycles. The zero-order valence-electron chi connectivity index (χ0n) is 13.1. The molecule has 0 radical (unpaired) electrons. The molecule has 1 aromatic heterocycles. The van der Waals surface area contributed by atoms with E-state index in [0.717, 1.165) is 11.3 Å². The van der Waals surface area contributed by atoms with Crippen molar-refractivity contribution in [2.24, 2.45) is 0 Å². The van der Waals surface area contributed by atoms with E-state index in [0.29, 0.717) is 28.1 Å². The molecule has 1 heterocycles. The predicted octanol–water partition coefficient (Wildman–Crippen LogP) is 3.43. The predicted molar refractivity (Wildman–Crippen MR) is 97.3 cm³/mol. The molecule has 1 aromatic carbocycles. The Bertz CT molecular complexity index is 698. The van der Waals surface area contributed by atoms with Crippen LogP contribution in [0.1, 0.15) is 22.8 Å². The van der Waals surface area contributed by atoms with Gasteiger partial charge in [-0.05, 0) is 44.5 Å². The fourth-order valence-corrected chi connectivity index (χ4v) is 2.62. The average Bonchev–Trinajstić information content (AvgIpc) is 2.92. The highest BCUT2D eigenvalue weighted by Gasteiger charge is 2.22. The molecule has 0 aliphatic heterocycles. The van der Waals surface area contributed by atoms with E-state index in [1.165, 1.54) is 11.8 Å². The summed E-state index contributed by atoms with van der Waals surface area (Å²) < 4.78 is 5.07. The van der Waals surface area contributed by atoms with E-state index in [1.54, 1.807) is 6.92 Å². The quantitative estimate of drug-likeness (QED) is 0.433. The molecule has 3 N–H and O–H groups in total. The third kappa shape index (κ3) is 4.46. The lowest BCUT2D eigenvalue weighted by Crippen LogP contribution is -2.21. The van der Waals surface area contributed by atoms with Gasteiger partial charge in [-0.1, -0.05) is 17.7 Å². The van der Waals surface area contributed by atoms with Crippen molar-refractivity contribution in [3.8, 4) is 0 Å². The smallest absolute Gasteiger partial charge is 0.344 e. The molecule has 0 amide bonds. The Hall–Kier alpha value is -2.06. The maximum atomic E-state index is 12.1. The summed E-state index contributed by atoms with van der Waals surface area (Å²) in [6.45, 7) is 4.07. The van der Waals surface area contributed by atoms with Crippen molar-refractivity contribution in [3.05, 3.63) is 35.4 Å². The van der Waals surface area contributed by atoms with Crippen molar-refractivity contribution >= 4 is 46.6 Å². The van der Waals surface area contributed by atoms with E-state index in [-0.39, 0.29) is 0 Å². The summed E-state index contributed by atoms with van der Waals surface area (Å²) in [5, 5.41) is 13.8. The van der Waals surface area contributed by atoms with Crippen molar-refractivity contribution < 1.29 is 9.53 Å². The molecule has 122 valence electrons. The molecule has 2 aromatic rings. The first-order valence-corrected chi connectivity index (χ1v) is 8.62. The van der Waals surface area contributed by atoms with Gasteiger partial charge in [0.15, 0.2) is 5.11 Å². The monoisotopic (exact) mass is 350 g/mol. The van der Waals surface area contributed by atoms with Gasteiger partial charge in [-0.15, -0.1) is 11.8 Å². The molecule has 0 saturated carbocycles. The van der Waals surface area contributed by atoms with E-state index in [4.69, 9.17) is 17.0 Å². The zero-order chi connectivity index (χ0) is 16.8. The SMILES string of the molecule is CCOC(=O)c1c(SC)n[nH]c1NC(=S)Nc1ccc(C)cc1. The second-order valence-corrected chi connectivity index (χ2v) is 5.85. The number of aromatic amines is 1. The third-order valence-corrected chi connectivity index (χ3v) is 3.84. The minimum absolute atomic E-state index is 0.295. The van der Waals surface area contributed by atoms with Gasteiger partial charge in [0, 0.05) is 5.69 Å². The van der Waals surface area contributed by atoms with Gasteiger partial charge in [0.05, 0.1) is 6.61 Å². The van der Waals surface area contributed by atoms with E-state index >= 15 is 0 Å². The molecule has 0 bridgehead atoms. The molecule has 23 heavy (non-hydrogen) atoms. The summed E-state index contributed by atoms with van der Waals surface area (Å²) in [4.78, 5) is 12.1. The van der Waals surface area contributed by atoms with Crippen molar-refractivity contribution in [2.45, 2.75) is 18.9 Å². The van der Waals surface area contributed by atoms with Gasteiger partial charge in [-0.2, -0.15) is 5.10 Å². The zero-order valence-corrected chi connectivity index (χ0v) is 14.7. The number of nitrogens with zero attached hydrogens (tertiary/aromatic N) is 1. The first-order valence-electron chi connectivity index (χ1n) is 6.99. The molecule has 2 rings (SSSR count). The summed E-state index contributed by atoms with van der Waals surface area (Å²) in [6.07, 6.45) is 1.84. The van der Waals surface area contributed by atoms with E-state index < -0.39 is 5.97 Å². The number of carbonyl (C=O) groups is 1. The number of aromatic nitrogens is 2. The number of H-pyrrole nitrogens is 1. The Balaban J connectivity index is 2.12. The number of benzene rings is 1. The van der Waals surface area contributed by atoms with Crippen LogP contribution in [0.3, 0.4) is 0 Å². The summed E-state index contributed by atoms with van der Waals surface area (Å²) >= 11 is 6.63. The minimum Gasteiger partial charge on any atom is -0.462 e. The van der Waals surface area contributed by atoms with Crippen LogP contribution in [0.15, 0.2) is 29.3 Å². The molecule has 8 heteroatoms. The minimum atomic E-state index is -0.439. The van der Waals surface area contributed by atoms with Gasteiger partial charge in [0.1, 0.15) is 16.4 Å². The van der Waals surface area contributed by atoms with E-state index in [9.17, 15) is 4.79 Å². The molecular weight excluding hydrogens is 332 g/mol. The number of aryl methyl sites for hydroxylation is 1. The average molecular weight is 350 g/mol. The van der Waals surface area contributed by atoms with Crippen molar-refractivity contribution in [1.29, 1.82) is 0 Å². The van der Waals surface area contributed by atoms with Gasteiger partial charge >= 0.3 is 5.97 Å². The van der Waals surface area contributed by atoms with Crippen LogP contribution < -0.4 is 10.6 Å². The van der Waals surface area contributed by atoms with E-state index in [2.05, 4.69) is 20.8 Å². The first kappa shape index (κ1) is 17.3. The molecule has 0 aliphatic rings. The number of anilines is 2. The molecule has 0 atom stereocenters. The van der Waals surface area contributed by atoms with Crippen LogP contribution in [0.4, 0.5) is 11.5 Å². The summed E-state index contributed by atoms with van der Waals surface area (Å²) in [5.41, 5.74) is 2.38. The lowest BCUT2D eigenvalue weighted by Gasteiger charge is -2.11. The molecule has 0 fully saturated rings. The second-order valence-electron chi connectivity index (χ2n) is 4.65. The van der Waals surface area contributed by atoms with Crippen LogP contribution in [0.2, 0.25) is 0 Å². The lowest BCUT2D eigenvalue weighted by atomic mass is 10.2. The van der Waals surface area contributed by atoms with Crippen LogP contribution in [0, 0.1) is 6.92 Å². The third-order valence-electron chi connectivity index (χ3n) is 2.95. The van der Waals surface area contributed by atoms with Gasteiger partial charge < -0.3 is 15.4 Å². The molecule has 0 spiro atoms. The molecule has 6 nitrogen and oxygen atoms in total. The Morgan fingerprint density at radius 3 is 2.65 bits per heavy atom. The van der Waals surface area contributed by atoms with Crippen LogP contribution in [-0.2, 0) is 4.74 Å². The second kappa shape index (κ2) is 7.98. The van der Waals surface area contributed by atoms with Crippen LogP contribution in [0.25, 0.3) is 0 Å². The van der Waals surface area contributed by atoms with Crippen molar-refractivity contribution in [1.82, 2.24) is 10.2 Å². The van der Waals surface area contributed by atoms with Crippen LogP contribution in [-0.4, -0.2) is 34.1 Å². The fourth-order valence-electron chi connectivity index (χ4n) is 1.87. The number of rotatable bonds is 5. The molecular formula is C15H18N4O2S2. The maximum Gasteiger partial charge on any atom is 0.344 e. The van der Waals surface area contributed by atoms with Crippen molar-refractivity contribution in [2.75, 3.05) is 23.5 Å². The fraction of sp³-hybridized carbons (Fsp3) is 0.267. The Labute approximate surface area is 144 Å². The highest BCUT2D eigenvalue weighted by molar-refractivity contribution is 7.98. The van der Waals surface area contributed by atoms with Gasteiger partial charge in [0.25, 0.3) is 0 Å². The molecule has 0 unspecified atom stereocenters. The summed E-state index contributed by atoms with van der Waals surface area (Å²) in [7, 11) is 0. The van der Waals surface area contributed by atoms with Gasteiger partial charge in [-0.3, -0.25) is 5.10 Å². The number of hydrogen-bond donors (Lipinski definition) is 3. The Kier molecular flexibility index (Phi) is 6.00. The number of hydrogen-bond acceptors (Lipinski definition) is 5. The number of ether oxygens (including phenoxy) is 1. The largest absolute Gasteiger partial charge is 0.462 e.